The largest absolute Gasteiger partial charge is 0.495 e. The number of halogens is 1. The quantitative estimate of drug-likeness (QED) is 0.355. The average molecular weight is 450 g/mol. The number of amides is 1. The van der Waals surface area contributed by atoms with Crippen LogP contribution in [0.3, 0.4) is 0 Å². The van der Waals surface area contributed by atoms with Gasteiger partial charge in [0.25, 0.3) is 0 Å². The number of methoxy groups -OCH3 is 1. The van der Waals surface area contributed by atoms with Gasteiger partial charge in [-0.25, -0.2) is 4.98 Å². The maximum atomic E-state index is 12.6. The number of carbonyl (C=O) groups excluding carboxylic acids is 1. The van der Waals surface area contributed by atoms with Crippen LogP contribution in [0.4, 0.5) is 5.69 Å². The van der Waals surface area contributed by atoms with Crippen LogP contribution in [-0.4, -0.2) is 28.3 Å². The molecule has 1 heterocycles. The van der Waals surface area contributed by atoms with Crippen molar-refractivity contribution in [2.45, 2.75) is 5.16 Å². The molecule has 0 aliphatic carbocycles. The summed E-state index contributed by atoms with van der Waals surface area (Å²) in [5, 5.41) is 4.30. The summed E-state index contributed by atoms with van der Waals surface area (Å²) in [4.78, 5) is 17.4. The van der Waals surface area contributed by atoms with Crippen LogP contribution in [0.15, 0.2) is 90.2 Å². The summed E-state index contributed by atoms with van der Waals surface area (Å²) in [6.07, 6.45) is 1.97. The van der Waals surface area contributed by atoms with Crippen LogP contribution in [0.5, 0.6) is 5.75 Å². The van der Waals surface area contributed by atoms with Crippen molar-refractivity contribution in [2.75, 3.05) is 18.2 Å². The van der Waals surface area contributed by atoms with Crippen molar-refractivity contribution >= 4 is 35.0 Å². The first kappa shape index (κ1) is 21.0. The first-order valence-electron chi connectivity index (χ1n) is 9.60. The maximum Gasteiger partial charge on any atom is 0.234 e. The minimum Gasteiger partial charge on any atom is -0.495 e. The molecule has 31 heavy (non-hydrogen) atoms. The highest BCUT2D eigenvalue weighted by Gasteiger charge is 2.14. The molecule has 4 aromatic rings. The second-order valence-corrected chi connectivity index (χ2v) is 8.04. The molecule has 3 aromatic carbocycles. The molecule has 1 amide bonds. The van der Waals surface area contributed by atoms with E-state index >= 15 is 0 Å². The van der Waals surface area contributed by atoms with Crippen molar-refractivity contribution in [1.29, 1.82) is 0 Å². The van der Waals surface area contributed by atoms with Crippen molar-refractivity contribution in [3.63, 3.8) is 0 Å². The monoisotopic (exact) mass is 449 g/mol. The third kappa shape index (κ3) is 5.10. The van der Waals surface area contributed by atoms with Crippen molar-refractivity contribution in [1.82, 2.24) is 9.55 Å². The third-order valence-corrected chi connectivity index (χ3v) is 5.77. The number of anilines is 1. The number of ether oxygens (including phenoxy) is 1. The van der Waals surface area contributed by atoms with Crippen LogP contribution in [0.2, 0.25) is 5.02 Å². The summed E-state index contributed by atoms with van der Waals surface area (Å²) < 4.78 is 7.29. The smallest absolute Gasteiger partial charge is 0.234 e. The molecular formula is C24H20ClN3O2S. The zero-order chi connectivity index (χ0) is 21.6. The SMILES string of the molecule is COc1ccccc1NC(=O)CSc1nc(-c2ccc(Cl)cc2)cn1-c1ccccc1. The number of hydrogen-bond donors (Lipinski definition) is 1. The van der Waals surface area contributed by atoms with Gasteiger partial charge in [0, 0.05) is 22.5 Å². The molecule has 1 aromatic heterocycles. The van der Waals surface area contributed by atoms with E-state index in [0.717, 1.165) is 22.1 Å². The van der Waals surface area contributed by atoms with E-state index in [1.807, 2.05) is 89.6 Å². The Bertz CT molecular complexity index is 1180. The highest BCUT2D eigenvalue weighted by molar-refractivity contribution is 7.99. The lowest BCUT2D eigenvalue weighted by Crippen LogP contribution is -2.15. The Morgan fingerprint density at radius 3 is 2.48 bits per heavy atom. The van der Waals surface area contributed by atoms with Gasteiger partial charge in [0.15, 0.2) is 5.16 Å². The van der Waals surface area contributed by atoms with Gasteiger partial charge in [-0.2, -0.15) is 0 Å². The number of thioether (sulfide) groups is 1. The summed E-state index contributed by atoms with van der Waals surface area (Å²) in [6, 6.07) is 24.8. The molecule has 0 bridgehead atoms. The van der Waals surface area contributed by atoms with Crippen molar-refractivity contribution in [3.8, 4) is 22.7 Å². The maximum absolute atomic E-state index is 12.6. The van der Waals surface area contributed by atoms with Gasteiger partial charge in [0.2, 0.25) is 5.91 Å². The molecule has 0 atom stereocenters. The highest BCUT2D eigenvalue weighted by atomic mass is 35.5. The zero-order valence-electron chi connectivity index (χ0n) is 16.8. The van der Waals surface area contributed by atoms with Crippen LogP contribution in [0.1, 0.15) is 0 Å². The van der Waals surface area contributed by atoms with Crippen LogP contribution in [0, 0.1) is 0 Å². The van der Waals surface area contributed by atoms with Crippen LogP contribution in [-0.2, 0) is 4.79 Å². The minimum absolute atomic E-state index is 0.134. The summed E-state index contributed by atoms with van der Waals surface area (Å²) in [5.41, 5.74) is 3.39. The van der Waals surface area contributed by atoms with Crippen LogP contribution in [0.25, 0.3) is 16.9 Å². The van der Waals surface area contributed by atoms with E-state index in [-0.39, 0.29) is 11.7 Å². The van der Waals surface area contributed by atoms with Gasteiger partial charge >= 0.3 is 0 Å². The van der Waals surface area contributed by atoms with E-state index in [1.165, 1.54) is 11.8 Å². The fourth-order valence-electron chi connectivity index (χ4n) is 3.06. The summed E-state index contributed by atoms with van der Waals surface area (Å²) in [5.74, 6) is 0.698. The van der Waals surface area contributed by atoms with Gasteiger partial charge in [-0.1, -0.05) is 65.8 Å². The highest BCUT2D eigenvalue weighted by Crippen LogP contribution is 2.29. The molecule has 0 radical (unpaired) electrons. The summed E-state index contributed by atoms with van der Waals surface area (Å²) in [7, 11) is 1.58. The molecule has 0 saturated heterocycles. The Morgan fingerprint density at radius 1 is 1.03 bits per heavy atom. The Labute approximate surface area is 190 Å². The predicted octanol–water partition coefficient (Wildman–Crippen LogP) is 5.93. The van der Waals surface area contributed by atoms with Crippen molar-refractivity contribution in [2.24, 2.45) is 0 Å². The molecule has 7 heteroatoms. The lowest BCUT2D eigenvalue weighted by atomic mass is 10.2. The number of para-hydroxylation sites is 3. The topological polar surface area (TPSA) is 56.1 Å². The minimum atomic E-state index is -0.134. The van der Waals surface area contributed by atoms with Gasteiger partial charge in [-0.15, -0.1) is 0 Å². The Hall–Kier alpha value is -3.22. The number of nitrogens with zero attached hydrogens (tertiary/aromatic N) is 2. The fraction of sp³-hybridized carbons (Fsp3) is 0.0833. The Morgan fingerprint density at radius 2 is 1.74 bits per heavy atom. The predicted molar refractivity (Wildman–Crippen MR) is 126 cm³/mol. The van der Waals surface area contributed by atoms with Crippen molar-refractivity contribution in [3.05, 3.63) is 90.1 Å². The number of benzene rings is 3. The van der Waals surface area contributed by atoms with E-state index in [2.05, 4.69) is 5.32 Å². The fourth-order valence-corrected chi connectivity index (χ4v) is 3.98. The number of imidazole rings is 1. The second-order valence-electron chi connectivity index (χ2n) is 6.66. The second kappa shape index (κ2) is 9.73. The third-order valence-electron chi connectivity index (χ3n) is 4.56. The van der Waals surface area contributed by atoms with E-state index in [4.69, 9.17) is 21.3 Å². The van der Waals surface area contributed by atoms with E-state index in [1.54, 1.807) is 7.11 Å². The first-order valence-corrected chi connectivity index (χ1v) is 11.0. The Kier molecular flexibility index (Phi) is 6.60. The number of nitrogens with one attached hydrogen (secondary N) is 1. The van der Waals surface area contributed by atoms with Gasteiger partial charge < -0.3 is 10.1 Å². The molecule has 4 rings (SSSR count). The number of carbonyl (C=O) groups is 1. The molecule has 156 valence electrons. The normalized spacial score (nSPS) is 10.6. The molecule has 0 aliphatic heterocycles. The van der Waals surface area contributed by atoms with Gasteiger partial charge in [-0.3, -0.25) is 9.36 Å². The molecule has 0 aliphatic rings. The molecule has 1 N–H and O–H groups in total. The number of rotatable bonds is 7. The van der Waals surface area contributed by atoms with Crippen molar-refractivity contribution < 1.29 is 9.53 Å². The molecule has 0 spiro atoms. The molecule has 0 unspecified atom stereocenters. The molecular weight excluding hydrogens is 430 g/mol. The summed E-state index contributed by atoms with van der Waals surface area (Å²) in [6.45, 7) is 0. The van der Waals surface area contributed by atoms with Gasteiger partial charge in [-0.05, 0) is 36.4 Å². The number of hydrogen-bond acceptors (Lipinski definition) is 4. The first-order chi connectivity index (χ1) is 15.1. The molecule has 5 nitrogen and oxygen atoms in total. The van der Waals surface area contributed by atoms with Gasteiger partial charge in [0.05, 0.1) is 24.2 Å². The Balaban J connectivity index is 1.56. The molecule has 0 fully saturated rings. The zero-order valence-corrected chi connectivity index (χ0v) is 18.4. The van der Waals surface area contributed by atoms with Crippen LogP contribution >= 0.6 is 23.4 Å². The average Bonchev–Trinajstić information content (AvgIpc) is 3.23. The lowest BCUT2D eigenvalue weighted by Gasteiger charge is -2.10. The van der Waals surface area contributed by atoms with Crippen LogP contribution < -0.4 is 10.1 Å². The number of aromatic nitrogens is 2. The van der Waals surface area contributed by atoms with E-state index < -0.39 is 0 Å². The summed E-state index contributed by atoms with van der Waals surface area (Å²) >= 11 is 7.40. The molecule has 0 saturated carbocycles. The standard InChI is InChI=1S/C24H20ClN3O2S/c1-30-22-10-6-5-9-20(22)26-23(29)16-31-24-27-21(17-11-13-18(25)14-12-17)15-28(24)19-7-3-2-4-8-19/h2-15H,16H2,1H3,(H,26,29). The van der Waals surface area contributed by atoms with E-state index in [9.17, 15) is 4.79 Å². The van der Waals surface area contributed by atoms with E-state index in [0.29, 0.717) is 16.5 Å². The van der Waals surface area contributed by atoms with Gasteiger partial charge in [0.1, 0.15) is 5.75 Å². The lowest BCUT2D eigenvalue weighted by molar-refractivity contribution is -0.113.